The molecule has 35 heavy (non-hydrogen) atoms. The van der Waals surface area contributed by atoms with Gasteiger partial charge in [-0.3, -0.25) is 13.9 Å². The molecule has 12 nitrogen and oxygen atoms in total. The van der Waals surface area contributed by atoms with E-state index in [1.54, 1.807) is 24.3 Å². The van der Waals surface area contributed by atoms with E-state index in [1.807, 2.05) is 6.07 Å². The SMILES string of the molecule is Cn1c(=O)c2c(nc(NN=Cc3ccc(O)cc3O)n2CC(O)COc2ccccc2)n(C)c1=O. The van der Waals surface area contributed by atoms with Crippen molar-refractivity contribution in [3.63, 3.8) is 0 Å². The Morgan fingerprint density at radius 3 is 2.57 bits per heavy atom. The minimum Gasteiger partial charge on any atom is -0.508 e. The smallest absolute Gasteiger partial charge is 0.332 e. The summed E-state index contributed by atoms with van der Waals surface area (Å²) in [6.45, 7) is -0.140. The summed E-state index contributed by atoms with van der Waals surface area (Å²) in [5.41, 5.74) is 2.09. The zero-order valence-corrected chi connectivity index (χ0v) is 19.0. The summed E-state index contributed by atoms with van der Waals surface area (Å²) in [6.07, 6.45) is 0.269. The largest absolute Gasteiger partial charge is 0.508 e. The number of aromatic nitrogens is 4. The maximum Gasteiger partial charge on any atom is 0.332 e. The van der Waals surface area contributed by atoms with Crippen molar-refractivity contribution >= 4 is 23.3 Å². The van der Waals surface area contributed by atoms with E-state index in [9.17, 15) is 24.9 Å². The van der Waals surface area contributed by atoms with Gasteiger partial charge >= 0.3 is 5.69 Å². The molecule has 4 N–H and O–H groups in total. The number of para-hydroxylation sites is 1. The van der Waals surface area contributed by atoms with Gasteiger partial charge < -0.3 is 24.6 Å². The molecule has 1 unspecified atom stereocenters. The molecule has 0 amide bonds. The minimum atomic E-state index is -1.03. The molecule has 0 aliphatic rings. The molecule has 4 rings (SSSR count). The lowest BCUT2D eigenvalue weighted by Crippen LogP contribution is -2.38. The zero-order chi connectivity index (χ0) is 25.1. The zero-order valence-electron chi connectivity index (χ0n) is 19.0. The highest BCUT2D eigenvalue weighted by molar-refractivity contribution is 5.84. The first-order valence-electron chi connectivity index (χ1n) is 10.6. The molecular weight excluding hydrogens is 456 g/mol. The molecule has 0 saturated carbocycles. The van der Waals surface area contributed by atoms with Crippen molar-refractivity contribution < 1.29 is 20.1 Å². The van der Waals surface area contributed by atoms with Crippen LogP contribution >= 0.6 is 0 Å². The van der Waals surface area contributed by atoms with Crippen LogP contribution < -0.4 is 21.4 Å². The number of hydrogen-bond acceptors (Lipinski definition) is 9. The van der Waals surface area contributed by atoms with Crippen LogP contribution in [0.15, 0.2) is 63.2 Å². The van der Waals surface area contributed by atoms with Crippen molar-refractivity contribution in [3.8, 4) is 17.2 Å². The third kappa shape index (κ3) is 4.87. The van der Waals surface area contributed by atoms with Gasteiger partial charge in [0.25, 0.3) is 5.56 Å². The Morgan fingerprint density at radius 1 is 1.11 bits per heavy atom. The summed E-state index contributed by atoms with van der Waals surface area (Å²) in [4.78, 5) is 29.6. The number of aryl methyl sites for hydroxylation is 1. The van der Waals surface area contributed by atoms with Gasteiger partial charge in [0.1, 0.15) is 30.0 Å². The number of aromatic hydroxyl groups is 2. The normalized spacial score (nSPS) is 12.3. The standard InChI is InChI=1S/C23H24N6O6/c1-27-20-19(21(33)28(2)23(27)34)29(12-16(31)13-35-17-6-4-3-5-7-17)22(25-20)26-24-11-14-8-9-15(30)10-18(14)32/h3-11,16,30-32H,12-13H2,1-2H3,(H,25,26). The number of nitrogens with zero attached hydrogens (tertiary/aromatic N) is 5. The fraction of sp³-hybridized carbons (Fsp3) is 0.217. The second kappa shape index (κ2) is 9.73. The monoisotopic (exact) mass is 480 g/mol. The van der Waals surface area contributed by atoms with Crippen molar-refractivity contribution in [2.45, 2.75) is 12.6 Å². The molecule has 0 bridgehead atoms. The molecular formula is C23H24N6O6. The average molecular weight is 480 g/mol. The Hall–Kier alpha value is -4.58. The number of ether oxygens (including phenoxy) is 1. The van der Waals surface area contributed by atoms with Crippen LogP contribution in [-0.4, -0.2) is 52.9 Å². The lowest BCUT2D eigenvalue weighted by atomic mass is 10.2. The average Bonchev–Trinajstić information content (AvgIpc) is 3.20. The molecule has 182 valence electrons. The maximum absolute atomic E-state index is 12.9. The van der Waals surface area contributed by atoms with Crippen LogP contribution in [-0.2, 0) is 20.6 Å². The molecule has 0 aliphatic heterocycles. The molecule has 0 spiro atoms. The Morgan fingerprint density at radius 2 is 1.86 bits per heavy atom. The summed E-state index contributed by atoms with van der Waals surface area (Å²) >= 11 is 0. The topological polar surface area (TPSA) is 156 Å². The number of aliphatic hydroxyl groups is 1. The third-order valence-corrected chi connectivity index (χ3v) is 5.31. The summed E-state index contributed by atoms with van der Waals surface area (Å²) < 4.78 is 9.20. The number of phenolic OH excluding ortho intramolecular Hbond substituents is 2. The van der Waals surface area contributed by atoms with Crippen LogP contribution in [0.2, 0.25) is 0 Å². The molecule has 2 aromatic heterocycles. The van der Waals surface area contributed by atoms with E-state index in [0.29, 0.717) is 11.3 Å². The molecule has 2 aromatic carbocycles. The van der Waals surface area contributed by atoms with Crippen molar-refractivity contribution in [1.82, 2.24) is 18.7 Å². The highest BCUT2D eigenvalue weighted by atomic mass is 16.5. The first-order valence-corrected chi connectivity index (χ1v) is 10.6. The van der Waals surface area contributed by atoms with E-state index < -0.39 is 17.4 Å². The van der Waals surface area contributed by atoms with Gasteiger partial charge in [0, 0.05) is 25.7 Å². The number of hydrazone groups is 1. The first kappa shape index (κ1) is 23.6. The van der Waals surface area contributed by atoms with Crippen LogP contribution in [0.3, 0.4) is 0 Å². The van der Waals surface area contributed by atoms with E-state index in [-0.39, 0.29) is 41.8 Å². The van der Waals surface area contributed by atoms with Gasteiger partial charge in [-0.25, -0.2) is 10.2 Å². The Bertz CT molecular complexity index is 1510. The van der Waals surface area contributed by atoms with E-state index in [2.05, 4.69) is 15.5 Å². The maximum atomic E-state index is 12.9. The van der Waals surface area contributed by atoms with Gasteiger partial charge in [0.2, 0.25) is 5.95 Å². The summed E-state index contributed by atoms with van der Waals surface area (Å²) in [6, 6.07) is 13.0. The van der Waals surface area contributed by atoms with Gasteiger partial charge in [-0.1, -0.05) is 18.2 Å². The van der Waals surface area contributed by atoms with Crippen LogP contribution in [0.1, 0.15) is 5.56 Å². The first-order chi connectivity index (χ1) is 16.8. The fourth-order valence-electron chi connectivity index (χ4n) is 3.48. The fourth-order valence-corrected chi connectivity index (χ4v) is 3.48. The quantitative estimate of drug-likeness (QED) is 0.212. The number of anilines is 1. The van der Waals surface area contributed by atoms with Gasteiger partial charge in [0.15, 0.2) is 11.2 Å². The number of aliphatic hydroxyl groups excluding tert-OH is 1. The van der Waals surface area contributed by atoms with E-state index >= 15 is 0 Å². The van der Waals surface area contributed by atoms with E-state index in [1.165, 1.54) is 47.6 Å². The molecule has 0 aliphatic carbocycles. The van der Waals surface area contributed by atoms with Gasteiger partial charge in [0.05, 0.1) is 12.8 Å². The van der Waals surface area contributed by atoms with E-state index in [0.717, 1.165) is 4.57 Å². The Kier molecular flexibility index (Phi) is 6.55. The van der Waals surface area contributed by atoms with Crippen molar-refractivity contribution in [1.29, 1.82) is 0 Å². The third-order valence-electron chi connectivity index (χ3n) is 5.31. The van der Waals surface area contributed by atoms with Crippen molar-refractivity contribution in [2.24, 2.45) is 19.2 Å². The van der Waals surface area contributed by atoms with Crippen molar-refractivity contribution in [2.75, 3.05) is 12.0 Å². The van der Waals surface area contributed by atoms with Gasteiger partial charge in [-0.05, 0) is 24.3 Å². The Labute approximate surface area is 198 Å². The number of benzene rings is 2. The molecule has 0 fully saturated rings. The van der Waals surface area contributed by atoms with Crippen LogP contribution in [0.4, 0.5) is 5.95 Å². The molecule has 2 heterocycles. The molecule has 12 heteroatoms. The number of fused-ring (bicyclic) bond motifs is 1. The predicted molar refractivity (Wildman–Crippen MR) is 129 cm³/mol. The lowest BCUT2D eigenvalue weighted by molar-refractivity contribution is 0.0938. The lowest BCUT2D eigenvalue weighted by Gasteiger charge is -2.15. The highest BCUT2D eigenvalue weighted by Gasteiger charge is 2.21. The van der Waals surface area contributed by atoms with Crippen LogP contribution in [0.5, 0.6) is 17.2 Å². The number of phenols is 2. The second-order valence-electron chi connectivity index (χ2n) is 7.81. The van der Waals surface area contributed by atoms with Gasteiger partial charge in [-0.15, -0.1) is 0 Å². The number of hydrogen-bond donors (Lipinski definition) is 4. The Balaban J connectivity index is 1.67. The minimum absolute atomic E-state index is 0.0557. The number of rotatable bonds is 8. The van der Waals surface area contributed by atoms with E-state index in [4.69, 9.17) is 4.74 Å². The van der Waals surface area contributed by atoms with Crippen molar-refractivity contribution in [3.05, 3.63) is 74.9 Å². The number of imidazole rings is 1. The second-order valence-corrected chi connectivity index (χ2v) is 7.81. The predicted octanol–water partition coefficient (Wildman–Crippen LogP) is 0.731. The molecule has 1 atom stereocenters. The summed E-state index contributed by atoms with van der Waals surface area (Å²) in [5.74, 6) is 0.384. The molecule has 4 aromatic rings. The van der Waals surface area contributed by atoms with Crippen LogP contribution in [0.25, 0.3) is 11.2 Å². The van der Waals surface area contributed by atoms with Crippen LogP contribution in [0, 0.1) is 0 Å². The molecule has 0 saturated heterocycles. The highest BCUT2D eigenvalue weighted by Crippen LogP contribution is 2.21. The summed E-state index contributed by atoms with van der Waals surface area (Å²) in [7, 11) is 2.84. The molecule has 0 radical (unpaired) electrons. The van der Waals surface area contributed by atoms with Gasteiger partial charge in [-0.2, -0.15) is 10.1 Å². The number of nitrogens with one attached hydrogen (secondary N) is 1. The summed E-state index contributed by atoms with van der Waals surface area (Å²) in [5, 5.41) is 34.1.